The summed E-state index contributed by atoms with van der Waals surface area (Å²) in [5, 5.41) is 4.86. The van der Waals surface area contributed by atoms with Gasteiger partial charge in [0, 0.05) is 24.8 Å². The normalized spacial score (nSPS) is 22.9. The molecule has 2 atom stereocenters. The molecule has 0 bridgehead atoms. The highest BCUT2D eigenvalue weighted by atomic mass is 16.5. The summed E-state index contributed by atoms with van der Waals surface area (Å²) in [6, 6.07) is 9.64. The van der Waals surface area contributed by atoms with Crippen molar-refractivity contribution in [3.8, 4) is 0 Å². The van der Waals surface area contributed by atoms with Crippen LogP contribution in [-0.4, -0.2) is 52.2 Å². The van der Waals surface area contributed by atoms with Gasteiger partial charge in [0.2, 0.25) is 0 Å². The molecule has 28 heavy (non-hydrogen) atoms. The van der Waals surface area contributed by atoms with Crippen LogP contribution in [0.15, 0.2) is 30.6 Å². The quantitative estimate of drug-likeness (QED) is 0.733. The van der Waals surface area contributed by atoms with E-state index in [-0.39, 0.29) is 6.04 Å². The Labute approximate surface area is 165 Å². The Morgan fingerprint density at radius 3 is 2.86 bits per heavy atom. The van der Waals surface area contributed by atoms with Crippen LogP contribution >= 0.6 is 0 Å². The minimum absolute atomic E-state index is 0.204. The van der Waals surface area contributed by atoms with Crippen molar-refractivity contribution in [3.05, 3.63) is 53.0 Å². The third-order valence-corrected chi connectivity index (χ3v) is 6.09. The zero-order valence-electron chi connectivity index (χ0n) is 16.5. The number of morpholine rings is 1. The van der Waals surface area contributed by atoms with Crippen molar-refractivity contribution in [1.29, 1.82) is 0 Å². The second-order valence-electron chi connectivity index (χ2n) is 8.02. The Kier molecular flexibility index (Phi) is 4.53. The molecule has 1 fully saturated rings. The molecule has 2 aromatic heterocycles. The highest BCUT2D eigenvalue weighted by molar-refractivity contribution is 5.87. The first-order valence-corrected chi connectivity index (χ1v) is 10.2. The molecule has 2 aliphatic rings. The number of aryl methyl sites for hydroxylation is 3. The van der Waals surface area contributed by atoms with E-state index in [0.29, 0.717) is 6.04 Å². The van der Waals surface area contributed by atoms with Crippen LogP contribution in [0.5, 0.6) is 0 Å². The van der Waals surface area contributed by atoms with E-state index in [9.17, 15) is 0 Å². The lowest BCUT2D eigenvalue weighted by atomic mass is 9.82. The van der Waals surface area contributed by atoms with Crippen molar-refractivity contribution in [2.75, 3.05) is 31.6 Å². The summed E-state index contributed by atoms with van der Waals surface area (Å²) < 4.78 is 5.60. The molecule has 1 aliphatic heterocycles. The Balaban J connectivity index is 1.55. The van der Waals surface area contributed by atoms with Gasteiger partial charge in [-0.15, -0.1) is 0 Å². The molecule has 1 aliphatic carbocycles. The first-order chi connectivity index (χ1) is 13.7. The Morgan fingerprint density at radius 2 is 2.00 bits per heavy atom. The summed E-state index contributed by atoms with van der Waals surface area (Å²) >= 11 is 0. The predicted octanol–water partition coefficient (Wildman–Crippen LogP) is 3.37. The van der Waals surface area contributed by atoms with Crippen LogP contribution in [0.1, 0.15) is 34.8 Å². The van der Waals surface area contributed by atoms with Crippen molar-refractivity contribution >= 4 is 16.9 Å². The van der Waals surface area contributed by atoms with Crippen molar-refractivity contribution in [3.63, 3.8) is 0 Å². The SMILES string of the molecule is Cc1ccc2c(c1)CC[C@H](N1CCOCC1)[C@H]2Nc1ncnc2[nH]c(C)cc12. The monoisotopic (exact) mass is 377 g/mol. The number of fused-ring (bicyclic) bond motifs is 2. The second-order valence-corrected chi connectivity index (χ2v) is 8.02. The Bertz CT molecular complexity index is 992. The average molecular weight is 377 g/mol. The molecule has 6 heteroatoms. The molecular weight excluding hydrogens is 350 g/mol. The number of nitrogens with one attached hydrogen (secondary N) is 2. The fraction of sp³-hybridized carbons (Fsp3) is 0.455. The number of rotatable bonds is 3. The van der Waals surface area contributed by atoms with E-state index in [1.807, 2.05) is 0 Å². The van der Waals surface area contributed by atoms with Crippen LogP contribution in [0, 0.1) is 13.8 Å². The van der Waals surface area contributed by atoms with E-state index in [1.165, 1.54) is 16.7 Å². The summed E-state index contributed by atoms with van der Waals surface area (Å²) in [4.78, 5) is 14.9. The van der Waals surface area contributed by atoms with E-state index in [0.717, 1.165) is 61.7 Å². The van der Waals surface area contributed by atoms with Gasteiger partial charge in [0.15, 0.2) is 0 Å². The van der Waals surface area contributed by atoms with Gasteiger partial charge in [-0.25, -0.2) is 9.97 Å². The van der Waals surface area contributed by atoms with Crippen molar-refractivity contribution < 1.29 is 4.74 Å². The van der Waals surface area contributed by atoms with E-state index in [2.05, 4.69) is 63.3 Å². The molecule has 3 heterocycles. The predicted molar refractivity (Wildman–Crippen MR) is 111 cm³/mol. The second kappa shape index (κ2) is 7.18. The molecule has 146 valence electrons. The van der Waals surface area contributed by atoms with Crippen molar-refractivity contribution in [2.24, 2.45) is 0 Å². The van der Waals surface area contributed by atoms with Crippen LogP contribution in [-0.2, 0) is 11.2 Å². The fourth-order valence-electron chi connectivity index (χ4n) is 4.74. The van der Waals surface area contributed by atoms with Gasteiger partial charge in [-0.05, 0) is 43.9 Å². The molecule has 1 saturated heterocycles. The van der Waals surface area contributed by atoms with Gasteiger partial charge < -0.3 is 15.0 Å². The van der Waals surface area contributed by atoms with E-state index in [1.54, 1.807) is 6.33 Å². The molecule has 6 nitrogen and oxygen atoms in total. The molecule has 0 unspecified atom stereocenters. The third-order valence-electron chi connectivity index (χ3n) is 6.09. The first-order valence-electron chi connectivity index (χ1n) is 10.2. The van der Waals surface area contributed by atoms with Crippen LogP contribution in [0.25, 0.3) is 11.0 Å². The Morgan fingerprint density at radius 1 is 1.14 bits per heavy atom. The summed E-state index contributed by atoms with van der Waals surface area (Å²) in [6.07, 6.45) is 3.91. The van der Waals surface area contributed by atoms with Gasteiger partial charge in [-0.2, -0.15) is 0 Å². The number of aromatic amines is 1. The zero-order chi connectivity index (χ0) is 19.1. The van der Waals surface area contributed by atoms with Crippen LogP contribution in [0.3, 0.4) is 0 Å². The maximum atomic E-state index is 5.60. The van der Waals surface area contributed by atoms with Gasteiger partial charge in [0.25, 0.3) is 0 Å². The van der Waals surface area contributed by atoms with Crippen LogP contribution in [0.2, 0.25) is 0 Å². The molecule has 1 aromatic carbocycles. The molecule has 2 N–H and O–H groups in total. The molecular formula is C22H27N5O. The number of hydrogen-bond acceptors (Lipinski definition) is 5. The van der Waals surface area contributed by atoms with Crippen molar-refractivity contribution in [2.45, 2.75) is 38.8 Å². The molecule has 0 radical (unpaired) electrons. The molecule has 0 spiro atoms. The number of H-pyrrole nitrogens is 1. The fourth-order valence-corrected chi connectivity index (χ4v) is 4.74. The van der Waals surface area contributed by atoms with E-state index in [4.69, 9.17) is 4.74 Å². The third kappa shape index (κ3) is 3.16. The highest BCUT2D eigenvalue weighted by Crippen LogP contribution is 2.37. The Hall–Kier alpha value is -2.44. The molecule has 5 rings (SSSR count). The smallest absolute Gasteiger partial charge is 0.143 e. The average Bonchev–Trinajstić information content (AvgIpc) is 3.10. The maximum Gasteiger partial charge on any atom is 0.143 e. The van der Waals surface area contributed by atoms with E-state index >= 15 is 0 Å². The summed E-state index contributed by atoms with van der Waals surface area (Å²) in [6.45, 7) is 7.85. The van der Waals surface area contributed by atoms with Crippen molar-refractivity contribution in [1.82, 2.24) is 19.9 Å². The maximum absolute atomic E-state index is 5.60. The molecule has 0 saturated carbocycles. The van der Waals surface area contributed by atoms with Gasteiger partial charge in [-0.3, -0.25) is 4.90 Å². The summed E-state index contributed by atoms with van der Waals surface area (Å²) in [7, 11) is 0. The minimum Gasteiger partial charge on any atom is -0.379 e. The number of hydrogen-bond donors (Lipinski definition) is 2. The lowest BCUT2D eigenvalue weighted by molar-refractivity contribution is 0.00895. The van der Waals surface area contributed by atoms with Gasteiger partial charge in [0.05, 0.1) is 24.6 Å². The van der Waals surface area contributed by atoms with E-state index < -0.39 is 0 Å². The lowest BCUT2D eigenvalue weighted by Gasteiger charge is -2.43. The minimum atomic E-state index is 0.204. The number of nitrogens with zero attached hydrogens (tertiary/aromatic N) is 3. The lowest BCUT2D eigenvalue weighted by Crippen LogP contribution is -2.49. The highest BCUT2D eigenvalue weighted by Gasteiger charge is 2.35. The number of benzene rings is 1. The number of anilines is 1. The molecule has 3 aromatic rings. The van der Waals surface area contributed by atoms with Crippen LogP contribution in [0.4, 0.5) is 5.82 Å². The number of aromatic nitrogens is 3. The topological polar surface area (TPSA) is 66.1 Å². The summed E-state index contributed by atoms with van der Waals surface area (Å²) in [5.41, 5.74) is 6.17. The summed E-state index contributed by atoms with van der Waals surface area (Å²) in [5.74, 6) is 0.908. The standard InChI is InChI=1S/C22H27N5O/c1-14-3-5-17-16(11-14)4-6-19(27-7-9-28-10-8-27)20(17)26-22-18-12-15(2)25-21(18)23-13-24-22/h3,5,11-13,19-20H,4,6-10H2,1-2H3,(H2,23,24,25,26)/t19-,20-/m0/s1. The van der Waals surface area contributed by atoms with Gasteiger partial charge in [0.1, 0.15) is 17.8 Å². The first kappa shape index (κ1) is 17.6. The largest absolute Gasteiger partial charge is 0.379 e. The zero-order valence-corrected chi connectivity index (χ0v) is 16.5. The van der Waals surface area contributed by atoms with Gasteiger partial charge >= 0.3 is 0 Å². The van der Waals surface area contributed by atoms with Gasteiger partial charge in [-0.1, -0.05) is 23.8 Å². The van der Waals surface area contributed by atoms with Crippen LogP contribution < -0.4 is 5.32 Å². The molecule has 0 amide bonds. The number of ether oxygens (including phenoxy) is 1.